The van der Waals surface area contributed by atoms with Gasteiger partial charge < -0.3 is 24.6 Å². The molecule has 3 aliphatic rings. The van der Waals surface area contributed by atoms with E-state index in [9.17, 15) is 9.59 Å². The maximum atomic E-state index is 12.8. The maximum absolute atomic E-state index is 12.8. The molecule has 0 bridgehead atoms. The molecule has 0 radical (unpaired) electrons. The average Bonchev–Trinajstić information content (AvgIpc) is 2.94. The van der Waals surface area contributed by atoms with E-state index in [1.807, 2.05) is 18.2 Å². The van der Waals surface area contributed by atoms with Crippen molar-refractivity contribution in [2.24, 2.45) is 5.92 Å². The van der Waals surface area contributed by atoms with Crippen molar-refractivity contribution in [3.05, 3.63) is 29.5 Å². The summed E-state index contributed by atoms with van der Waals surface area (Å²) >= 11 is 0. The first kappa shape index (κ1) is 21.7. The highest BCUT2D eigenvalue weighted by Crippen LogP contribution is 2.33. The van der Waals surface area contributed by atoms with Crippen LogP contribution in [0.25, 0.3) is 6.08 Å². The molecule has 0 aromatic heterocycles. The van der Waals surface area contributed by atoms with Crippen LogP contribution in [0.4, 0.5) is 0 Å². The molecular formula is C24H33N3O4. The van der Waals surface area contributed by atoms with E-state index in [0.29, 0.717) is 30.0 Å². The minimum atomic E-state index is -0.105. The molecule has 7 heteroatoms. The Balaban J connectivity index is 1.35. The number of fused-ring (bicyclic) bond motifs is 2. The van der Waals surface area contributed by atoms with Crippen molar-refractivity contribution in [3.8, 4) is 11.5 Å². The molecular weight excluding hydrogens is 394 g/mol. The number of benzene rings is 1. The van der Waals surface area contributed by atoms with Gasteiger partial charge in [0, 0.05) is 18.8 Å². The van der Waals surface area contributed by atoms with E-state index in [1.165, 1.54) is 50.1 Å². The van der Waals surface area contributed by atoms with Gasteiger partial charge in [0.05, 0.1) is 20.6 Å². The van der Waals surface area contributed by atoms with Gasteiger partial charge in [-0.05, 0) is 74.0 Å². The maximum Gasteiger partial charge on any atom is 0.240 e. The summed E-state index contributed by atoms with van der Waals surface area (Å²) in [5, 5.41) is 3.10. The monoisotopic (exact) mass is 427 g/mol. The van der Waals surface area contributed by atoms with Gasteiger partial charge in [0.2, 0.25) is 11.8 Å². The highest BCUT2D eigenvalue weighted by Gasteiger charge is 2.33. The normalized spacial score (nSPS) is 23.5. The molecule has 4 rings (SSSR count). The second kappa shape index (κ2) is 9.73. The van der Waals surface area contributed by atoms with E-state index in [4.69, 9.17) is 9.47 Å². The summed E-state index contributed by atoms with van der Waals surface area (Å²) in [5.74, 6) is 1.52. The number of amides is 2. The molecule has 0 aliphatic carbocycles. The minimum absolute atomic E-state index is 0.0404. The predicted molar refractivity (Wildman–Crippen MR) is 119 cm³/mol. The largest absolute Gasteiger partial charge is 0.493 e. The molecule has 2 saturated heterocycles. The molecule has 0 unspecified atom stereocenters. The second-order valence-electron chi connectivity index (χ2n) is 8.73. The summed E-state index contributed by atoms with van der Waals surface area (Å²) in [7, 11) is 3.17. The van der Waals surface area contributed by atoms with Crippen molar-refractivity contribution in [2.45, 2.75) is 44.6 Å². The fraction of sp³-hybridized carbons (Fsp3) is 0.583. The Kier molecular flexibility index (Phi) is 6.80. The van der Waals surface area contributed by atoms with Crippen LogP contribution in [0.3, 0.4) is 0 Å². The van der Waals surface area contributed by atoms with Gasteiger partial charge in [-0.3, -0.25) is 9.59 Å². The van der Waals surface area contributed by atoms with Gasteiger partial charge in [-0.15, -0.1) is 0 Å². The number of carbonyl (C=O) groups is 2. The van der Waals surface area contributed by atoms with Crippen molar-refractivity contribution in [2.75, 3.05) is 40.4 Å². The summed E-state index contributed by atoms with van der Waals surface area (Å²) in [6.45, 7) is 3.12. The quantitative estimate of drug-likeness (QED) is 0.755. The van der Waals surface area contributed by atoms with Crippen LogP contribution in [0.5, 0.6) is 11.5 Å². The number of ether oxygens (including phenoxy) is 2. The van der Waals surface area contributed by atoms with Crippen LogP contribution >= 0.6 is 0 Å². The number of hydrogen-bond donors (Lipinski definition) is 1. The second-order valence-corrected chi connectivity index (χ2v) is 8.73. The predicted octanol–water partition coefficient (Wildman–Crippen LogP) is 2.44. The molecule has 1 aromatic carbocycles. The minimum Gasteiger partial charge on any atom is -0.493 e. The van der Waals surface area contributed by atoms with Crippen molar-refractivity contribution in [1.82, 2.24) is 15.1 Å². The average molecular weight is 428 g/mol. The number of nitrogens with zero attached hydrogens (tertiary/aromatic N) is 2. The first-order valence-electron chi connectivity index (χ1n) is 11.3. The third kappa shape index (κ3) is 4.87. The summed E-state index contributed by atoms with van der Waals surface area (Å²) in [6, 6.07) is 4.29. The number of carbonyl (C=O) groups excluding carboxylic acids is 2. The Morgan fingerprint density at radius 2 is 1.87 bits per heavy atom. The molecule has 2 fully saturated rings. The SMILES string of the molecule is COc1cc2c(cc1OC)CC(=O)N(CC(=O)NC[C@@H]1CCCN3CCCC[C@H]13)C=C2. The third-order valence-electron chi connectivity index (χ3n) is 6.85. The summed E-state index contributed by atoms with van der Waals surface area (Å²) in [5.41, 5.74) is 1.76. The number of piperidine rings is 2. The standard InChI is InChI=1S/C24H33N3O4/c1-30-21-12-17-8-11-27(24(29)14-19(17)13-22(21)31-2)16-23(28)25-15-18-6-5-10-26-9-4-3-7-20(18)26/h8,11-13,18,20H,3-7,9-10,14-16H2,1-2H3,(H,25,28)/t18-,20+/m0/s1. The van der Waals surface area contributed by atoms with E-state index in [0.717, 1.165) is 11.1 Å². The number of nitrogens with one attached hydrogen (secondary N) is 1. The Morgan fingerprint density at radius 1 is 1.10 bits per heavy atom. The van der Waals surface area contributed by atoms with Gasteiger partial charge in [-0.25, -0.2) is 0 Å². The zero-order valence-corrected chi connectivity index (χ0v) is 18.6. The van der Waals surface area contributed by atoms with Crippen molar-refractivity contribution in [1.29, 1.82) is 0 Å². The smallest absolute Gasteiger partial charge is 0.240 e. The van der Waals surface area contributed by atoms with E-state index in [2.05, 4.69) is 10.2 Å². The van der Waals surface area contributed by atoms with Crippen molar-refractivity contribution >= 4 is 17.9 Å². The Hall–Kier alpha value is -2.54. The van der Waals surface area contributed by atoms with Gasteiger partial charge in [0.25, 0.3) is 0 Å². The number of hydrogen-bond acceptors (Lipinski definition) is 5. The summed E-state index contributed by atoms with van der Waals surface area (Å²) in [6.07, 6.45) is 9.96. The number of rotatable bonds is 6. The van der Waals surface area contributed by atoms with Gasteiger partial charge in [0.15, 0.2) is 11.5 Å². The third-order valence-corrected chi connectivity index (χ3v) is 6.85. The zero-order chi connectivity index (χ0) is 21.8. The van der Waals surface area contributed by atoms with Crippen LogP contribution in [0.2, 0.25) is 0 Å². The molecule has 3 aliphatic heterocycles. The zero-order valence-electron chi connectivity index (χ0n) is 18.6. The fourth-order valence-electron chi connectivity index (χ4n) is 5.17. The van der Waals surface area contributed by atoms with Crippen LogP contribution in [0.1, 0.15) is 43.2 Å². The highest BCUT2D eigenvalue weighted by molar-refractivity contribution is 5.89. The van der Waals surface area contributed by atoms with Crippen LogP contribution in [0.15, 0.2) is 18.3 Å². The molecule has 0 saturated carbocycles. The highest BCUT2D eigenvalue weighted by atomic mass is 16.5. The molecule has 2 atom stereocenters. The fourth-order valence-corrected chi connectivity index (χ4v) is 5.17. The lowest BCUT2D eigenvalue weighted by Crippen LogP contribution is -2.51. The lowest BCUT2D eigenvalue weighted by Gasteiger charge is -2.44. The molecule has 1 N–H and O–H groups in total. The lowest BCUT2D eigenvalue weighted by molar-refractivity contribution is -0.133. The number of methoxy groups -OCH3 is 2. The Morgan fingerprint density at radius 3 is 2.68 bits per heavy atom. The molecule has 168 valence electrons. The van der Waals surface area contributed by atoms with Crippen LogP contribution in [-0.4, -0.2) is 68.1 Å². The van der Waals surface area contributed by atoms with Crippen LogP contribution in [0, 0.1) is 5.92 Å². The molecule has 1 aromatic rings. The van der Waals surface area contributed by atoms with Gasteiger partial charge >= 0.3 is 0 Å². The van der Waals surface area contributed by atoms with Crippen LogP contribution in [-0.2, 0) is 16.0 Å². The lowest BCUT2D eigenvalue weighted by atomic mass is 9.83. The van der Waals surface area contributed by atoms with E-state index >= 15 is 0 Å². The van der Waals surface area contributed by atoms with E-state index in [1.54, 1.807) is 20.4 Å². The molecule has 31 heavy (non-hydrogen) atoms. The topological polar surface area (TPSA) is 71.1 Å². The summed E-state index contributed by atoms with van der Waals surface area (Å²) in [4.78, 5) is 29.5. The first-order chi connectivity index (χ1) is 15.1. The van der Waals surface area contributed by atoms with E-state index in [-0.39, 0.29) is 24.8 Å². The van der Waals surface area contributed by atoms with Crippen LogP contribution < -0.4 is 14.8 Å². The molecule has 7 nitrogen and oxygen atoms in total. The van der Waals surface area contributed by atoms with E-state index < -0.39 is 0 Å². The van der Waals surface area contributed by atoms with Crippen molar-refractivity contribution < 1.29 is 19.1 Å². The van der Waals surface area contributed by atoms with Gasteiger partial charge in [-0.2, -0.15) is 0 Å². The Labute approximate surface area is 184 Å². The first-order valence-corrected chi connectivity index (χ1v) is 11.3. The molecule has 3 heterocycles. The summed E-state index contributed by atoms with van der Waals surface area (Å²) < 4.78 is 10.7. The molecule has 0 spiro atoms. The molecule has 2 amide bonds. The van der Waals surface area contributed by atoms with Gasteiger partial charge in [0.1, 0.15) is 6.54 Å². The Bertz CT molecular complexity index is 851. The van der Waals surface area contributed by atoms with Crippen molar-refractivity contribution in [3.63, 3.8) is 0 Å². The van der Waals surface area contributed by atoms with Gasteiger partial charge in [-0.1, -0.05) is 6.42 Å².